The van der Waals surface area contributed by atoms with Gasteiger partial charge in [-0.1, -0.05) is 30.3 Å². The number of carbonyl (C=O) groups excluding carboxylic acids is 2. The molecule has 0 fully saturated rings. The number of amides is 2. The van der Waals surface area contributed by atoms with E-state index in [0.717, 1.165) is 5.39 Å². The SMILES string of the molecule is CN(CCCOc1ccc(C(=O)Nc2ccccc2N)cc1)C(=O)c1cc2ccccc2o1. The van der Waals surface area contributed by atoms with Crippen molar-refractivity contribution in [3.8, 4) is 5.75 Å². The number of hydrogen-bond acceptors (Lipinski definition) is 5. The van der Waals surface area contributed by atoms with Crippen LogP contribution >= 0.6 is 0 Å². The van der Waals surface area contributed by atoms with E-state index in [0.29, 0.717) is 53.6 Å². The van der Waals surface area contributed by atoms with Crippen LogP contribution in [0.15, 0.2) is 83.3 Å². The summed E-state index contributed by atoms with van der Waals surface area (Å²) in [6, 6.07) is 23.3. The minimum absolute atomic E-state index is 0.166. The van der Waals surface area contributed by atoms with E-state index in [2.05, 4.69) is 5.32 Å². The smallest absolute Gasteiger partial charge is 0.289 e. The predicted molar refractivity (Wildman–Crippen MR) is 129 cm³/mol. The maximum atomic E-state index is 12.6. The molecule has 0 aliphatic rings. The van der Waals surface area contributed by atoms with Gasteiger partial charge in [-0.05, 0) is 55.0 Å². The summed E-state index contributed by atoms with van der Waals surface area (Å²) < 4.78 is 11.4. The first-order valence-electron chi connectivity index (χ1n) is 10.6. The van der Waals surface area contributed by atoms with Crippen LogP contribution < -0.4 is 15.8 Å². The first-order chi connectivity index (χ1) is 16.0. The van der Waals surface area contributed by atoms with Crippen molar-refractivity contribution in [2.24, 2.45) is 0 Å². The Morgan fingerprint density at radius 3 is 2.48 bits per heavy atom. The fraction of sp³-hybridized carbons (Fsp3) is 0.154. The first kappa shape index (κ1) is 22.0. The highest BCUT2D eigenvalue weighted by Gasteiger charge is 2.16. The third kappa shape index (κ3) is 5.33. The second-order valence-electron chi connectivity index (χ2n) is 7.64. The van der Waals surface area contributed by atoms with Gasteiger partial charge in [0.1, 0.15) is 11.3 Å². The molecule has 0 saturated carbocycles. The molecular weight excluding hydrogens is 418 g/mol. The summed E-state index contributed by atoms with van der Waals surface area (Å²) in [4.78, 5) is 26.6. The Kier molecular flexibility index (Phi) is 6.59. The van der Waals surface area contributed by atoms with Gasteiger partial charge >= 0.3 is 0 Å². The molecule has 3 aromatic carbocycles. The predicted octanol–water partition coefficient (Wildman–Crippen LogP) is 4.81. The second kappa shape index (κ2) is 9.91. The lowest BCUT2D eigenvalue weighted by Gasteiger charge is -2.16. The summed E-state index contributed by atoms with van der Waals surface area (Å²) >= 11 is 0. The van der Waals surface area contributed by atoms with Gasteiger partial charge in [0, 0.05) is 24.5 Å². The zero-order chi connectivity index (χ0) is 23.2. The van der Waals surface area contributed by atoms with Gasteiger partial charge in [-0.25, -0.2) is 0 Å². The van der Waals surface area contributed by atoms with Crippen molar-refractivity contribution in [3.63, 3.8) is 0 Å². The van der Waals surface area contributed by atoms with E-state index in [1.165, 1.54) is 0 Å². The van der Waals surface area contributed by atoms with Crippen LogP contribution in [0.5, 0.6) is 5.75 Å². The van der Waals surface area contributed by atoms with E-state index < -0.39 is 0 Å². The summed E-state index contributed by atoms with van der Waals surface area (Å²) in [5.41, 5.74) is 8.15. The zero-order valence-corrected chi connectivity index (χ0v) is 18.3. The van der Waals surface area contributed by atoms with Gasteiger partial charge in [-0.15, -0.1) is 0 Å². The summed E-state index contributed by atoms with van der Waals surface area (Å²) in [5.74, 6) is 0.563. The number of ether oxygens (including phenoxy) is 1. The molecule has 1 aromatic heterocycles. The van der Waals surface area contributed by atoms with Crippen molar-refractivity contribution in [1.29, 1.82) is 0 Å². The Labute approximate surface area is 191 Å². The third-order valence-electron chi connectivity index (χ3n) is 5.22. The van der Waals surface area contributed by atoms with Gasteiger partial charge in [0.2, 0.25) is 0 Å². The van der Waals surface area contributed by atoms with E-state index in [1.807, 2.05) is 36.4 Å². The van der Waals surface area contributed by atoms with Crippen LogP contribution in [0.25, 0.3) is 11.0 Å². The number of nitrogens with zero attached hydrogens (tertiary/aromatic N) is 1. The van der Waals surface area contributed by atoms with E-state index >= 15 is 0 Å². The van der Waals surface area contributed by atoms with Crippen molar-refractivity contribution in [2.45, 2.75) is 6.42 Å². The topological polar surface area (TPSA) is 97.8 Å². The number of para-hydroxylation sites is 3. The van der Waals surface area contributed by atoms with E-state index in [9.17, 15) is 9.59 Å². The number of nitrogens with two attached hydrogens (primary N) is 1. The molecule has 1 heterocycles. The first-order valence-corrected chi connectivity index (χ1v) is 10.6. The quantitative estimate of drug-likeness (QED) is 0.301. The van der Waals surface area contributed by atoms with Gasteiger partial charge in [-0.2, -0.15) is 0 Å². The molecule has 7 nitrogen and oxygen atoms in total. The van der Waals surface area contributed by atoms with Crippen LogP contribution in [-0.2, 0) is 0 Å². The molecule has 3 N–H and O–H groups in total. The highest BCUT2D eigenvalue weighted by atomic mass is 16.5. The number of rotatable bonds is 8. The van der Waals surface area contributed by atoms with Crippen molar-refractivity contribution >= 4 is 34.2 Å². The normalized spacial score (nSPS) is 10.7. The van der Waals surface area contributed by atoms with Gasteiger partial charge in [0.05, 0.1) is 18.0 Å². The summed E-state index contributed by atoms with van der Waals surface area (Å²) in [5, 5.41) is 3.70. The van der Waals surface area contributed by atoms with Crippen molar-refractivity contribution < 1.29 is 18.7 Å². The standard InChI is InChI=1S/C26H25N3O4/c1-29(26(31)24-17-19-7-2-5-10-23(19)33-24)15-6-16-32-20-13-11-18(12-14-20)25(30)28-22-9-4-3-8-21(22)27/h2-5,7-14,17H,6,15-16,27H2,1H3,(H,28,30). The number of carbonyl (C=O) groups is 2. The minimum Gasteiger partial charge on any atom is -0.494 e. The Bertz CT molecular complexity index is 1230. The molecule has 168 valence electrons. The van der Waals surface area contributed by atoms with Gasteiger partial charge in [0.25, 0.3) is 11.8 Å². The number of nitrogen functional groups attached to an aromatic ring is 1. The number of anilines is 2. The molecule has 0 atom stereocenters. The maximum Gasteiger partial charge on any atom is 0.289 e. The van der Waals surface area contributed by atoms with Crippen LogP contribution in [0.3, 0.4) is 0 Å². The number of nitrogens with one attached hydrogen (secondary N) is 1. The van der Waals surface area contributed by atoms with Gasteiger partial charge in [0.15, 0.2) is 5.76 Å². The van der Waals surface area contributed by atoms with Crippen molar-refractivity contribution in [1.82, 2.24) is 4.90 Å². The average Bonchev–Trinajstić information content (AvgIpc) is 3.27. The summed E-state index contributed by atoms with van der Waals surface area (Å²) in [7, 11) is 1.74. The summed E-state index contributed by atoms with van der Waals surface area (Å²) in [6.45, 7) is 0.957. The second-order valence-corrected chi connectivity index (χ2v) is 7.64. The summed E-state index contributed by atoms with van der Waals surface area (Å²) in [6.07, 6.45) is 0.651. The maximum absolute atomic E-state index is 12.6. The molecule has 0 radical (unpaired) electrons. The number of benzene rings is 3. The number of furan rings is 1. The van der Waals surface area contributed by atoms with Crippen LogP contribution in [-0.4, -0.2) is 36.9 Å². The Morgan fingerprint density at radius 2 is 1.73 bits per heavy atom. The highest BCUT2D eigenvalue weighted by Crippen LogP contribution is 2.21. The fourth-order valence-corrected chi connectivity index (χ4v) is 3.38. The molecule has 7 heteroatoms. The Morgan fingerprint density at radius 1 is 1.00 bits per heavy atom. The Hall–Kier alpha value is -4.26. The highest BCUT2D eigenvalue weighted by molar-refractivity contribution is 6.05. The van der Waals surface area contributed by atoms with Crippen LogP contribution in [0.4, 0.5) is 11.4 Å². The van der Waals surface area contributed by atoms with E-state index in [4.69, 9.17) is 14.9 Å². The number of fused-ring (bicyclic) bond motifs is 1. The van der Waals surface area contributed by atoms with Gasteiger partial charge in [-0.3, -0.25) is 9.59 Å². The lowest BCUT2D eigenvalue weighted by molar-refractivity contribution is 0.0758. The van der Waals surface area contributed by atoms with Crippen LogP contribution in [0.2, 0.25) is 0 Å². The average molecular weight is 444 g/mol. The molecule has 0 saturated heterocycles. The molecule has 33 heavy (non-hydrogen) atoms. The van der Waals surface area contributed by atoms with E-state index in [1.54, 1.807) is 54.4 Å². The molecule has 0 aliphatic carbocycles. The largest absolute Gasteiger partial charge is 0.494 e. The molecule has 0 unspecified atom stereocenters. The molecule has 0 aliphatic heterocycles. The van der Waals surface area contributed by atoms with Crippen LogP contribution in [0.1, 0.15) is 27.3 Å². The van der Waals surface area contributed by atoms with Gasteiger partial charge < -0.3 is 25.1 Å². The number of hydrogen-bond donors (Lipinski definition) is 2. The third-order valence-corrected chi connectivity index (χ3v) is 5.22. The minimum atomic E-state index is -0.245. The molecule has 0 bridgehead atoms. The molecule has 4 aromatic rings. The fourth-order valence-electron chi connectivity index (χ4n) is 3.38. The van der Waals surface area contributed by atoms with Crippen molar-refractivity contribution in [3.05, 3.63) is 90.2 Å². The Balaban J connectivity index is 1.23. The molecule has 4 rings (SSSR count). The van der Waals surface area contributed by atoms with Crippen molar-refractivity contribution in [2.75, 3.05) is 31.2 Å². The molecule has 0 spiro atoms. The monoisotopic (exact) mass is 443 g/mol. The lowest BCUT2D eigenvalue weighted by Crippen LogP contribution is -2.28. The zero-order valence-electron chi connectivity index (χ0n) is 18.3. The van der Waals surface area contributed by atoms with E-state index in [-0.39, 0.29) is 11.8 Å². The molecule has 2 amide bonds. The van der Waals surface area contributed by atoms with Crippen LogP contribution in [0, 0.1) is 0 Å². The molecular formula is C26H25N3O4. The lowest BCUT2D eigenvalue weighted by atomic mass is 10.2.